The molecule has 1 aliphatic rings. The molecular weight excluding hydrogens is 402 g/mol. The fourth-order valence-corrected chi connectivity index (χ4v) is 3.65. The van der Waals surface area contributed by atoms with Gasteiger partial charge in [-0.3, -0.25) is 4.90 Å². The van der Waals surface area contributed by atoms with Crippen molar-refractivity contribution < 1.29 is 28.9 Å². The molecule has 0 aliphatic carbocycles. The van der Waals surface area contributed by atoms with Gasteiger partial charge in [0.1, 0.15) is 17.3 Å². The molecule has 9 heteroatoms. The molecule has 2 aromatic rings. The van der Waals surface area contributed by atoms with Crippen LogP contribution in [0.5, 0.6) is 5.75 Å². The summed E-state index contributed by atoms with van der Waals surface area (Å²) in [6, 6.07) is 12.4. The molecule has 1 N–H and O–H groups in total. The highest BCUT2D eigenvalue weighted by Gasteiger charge is 2.29. The average Bonchev–Trinajstić information content (AvgIpc) is 2.80. The van der Waals surface area contributed by atoms with Crippen molar-refractivity contribution in [3.8, 4) is 5.75 Å². The highest BCUT2D eigenvalue weighted by atomic mass is 16.7. The zero-order valence-corrected chi connectivity index (χ0v) is 17.9. The number of carbonyl (C=O) groups is 2. The first-order valence-corrected chi connectivity index (χ1v) is 9.99. The lowest BCUT2D eigenvalue weighted by molar-refractivity contribution is -0.109. The van der Waals surface area contributed by atoms with Gasteiger partial charge in [0.05, 0.1) is 0 Å². The van der Waals surface area contributed by atoms with E-state index in [1.165, 1.54) is 24.0 Å². The summed E-state index contributed by atoms with van der Waals surface area (Å²) in [6.07, 6.45) is -0.847. The van der Waals surface area contributed by atoms with Crippen molar-refractivity contribution in [2.75, 3.05) is 39.3 Å². The Morgan fingerprint density at radius 2 is 1.74 bits per heavy atom. The fraction of sp³-hybridized carbons (Fsp3) is 0.409. The molecule has 9 nitrogen and oxygen atoms in total. The Bertz CT molecular complexity index is 895. The quantitative estimate of drug-likeness (QED) is 0.696. The predicted octanol–water partition coefficient (Wildman–Crippen LogP) is 3.87. The zero-order chi connectivity index (χ0) is 22.4. The molecule has 3 rings (SSSR count). The second-order valence-electron chi connectivity index (χ2n) is 7.23. The normalized spacial score (nSPS) is 14.5. The van der Waals surface area contributed by atoms with Crippen LogP contribution in [0.25, 0.3) is 0 Å². The minimum atomic E-state index is -0.905. The number of nitrogens with zero attached hydrogens (tertiary/aromatic N) is 3. The monoisotopic (exact) mass is 429 g/mol. The largest absolute Gasteiger partial charge is 0.465 e. The number of carbonyl (C=O) groups excluding carboxylic acids is 1. The minimum absolute atomic E-state index is 0.113. The summed E-state index contributed by atoms with van der Waals surface area (Å²) in [5.74, 6) is 0.941. The van der Waals surface area contributed by atoms with E-state index in [0.717, 1.165) is 5.56 Å². The van der Waals surface area contributed by atoms with E-state index in [2.05, 4.69) is 4.98 Å². The van der Waals surface area contributed by atoms with Crippen LogP contribution in [0.15, 0.2) is 42.5 Å². The Balaban J connectivity index is 1.83. The van der Waals surface area contributed by atoms with Gasteiger partial charge in [0.15, 0.2) is 0 Å². The molecule has 0 atom stereocenters. The highest BCUT2D eigenvalue weighted by molar-refractivity contribution is 5.87. The zero-order valence-electron chi connectivity index (χ0n) is 17.9. The van der Waals surface area contributed by atoms with E-state index in [9.17, 15) is 14.7 Å². The molecule has 1 aromatic carbocycles. The lowest BCUT2D eigenvalue weighted by atomic mass is 9.88. The molecule has 31 heavy (non-hydrogen) atoms. The summed E-state index contributed by atoms with van der Waals surface area (Å²) in [5.41, 5.74) is 1.49. The van der Waals surface area contributed by atoms with Crippen LogP contribution in [0.2, 0.25) is 0 Å². The number of rotatable bonds is 6. The number of piperidine rings is 1. The van der Waals surface area contributed by atoms with Gasteiger partial charge in [-0.2, -0.15) is 0 Å². The van der Waals surface area contributed by atoms with Gasteiger partial charge >= 0.3 is 12.2 Å². The molecule has 0 spiro atoms. The Labute approximate surface area is 181 Å². The van der Waals surface area contributed by atoms with Gasteiger partial charge in [0.25, 0.3) is 0 Å². The second-order valence-corrected chi connectivity index (χ2v) is 7.23. The molecule has 1 aromatic heterocycles. The van der Waals surface area contributed by atoms with Crippen molar-refractivity contribution in [2.45, 2.75) is 25.0 Å². The van der Waals surface area contributed by atoms with E-state index < -0.39 is 18.5 Å². The summed E-state index contributed by atoms with van der Waals surface area (Å²) in [7, 11) is 4.62. The molecule has 0 radical (unpaired) electrons. The molecule has 1 aliphatic heterocycles. The van der Waals surface area contributed by atoms with E-state index >= 15 is 0 Å². The topological polar surface area (TPSA) is 101 Å². The third kappa shape index (κ3) is 5.31. The van der Waals surface area contributed by atoms with Crippen LogP contribution in [-0.4, -0.2) is 61.5 Å². The number of para-hydroxylation sites is 1. The molecule has 2 amide bonds. The third-order valence-electron chi connectivity index (χ3n) is 5.37. The number of hydrogen-bond donors (Lipinski definition) is 1. The van der Waals surface area contributed by atoms with E-state index in [-0.39, 0.29) is 5.92 Å². The maximum atomic E-state index is 12.6. The molecular formula is C22H27N3O6. The fourth-order valence-electron chi connectivity index (χ4n) is 3.65. The lowest BCUT2D eigenvalue weighted by Crippen LogP contribution is -2.37. The Morgan fingerprint density at radius 3 is 2.32 bits per heavy atom. The number of pyridine rings is 1. The van der Waals surface area contributed by atoms with Crippen LogP contribution in [0, 0.1) is 0 Å². The van der Waals surface area contributed by atoms with Crippen LogP contribution in [0.3, 0.4) is 0 Å². The van der Waals surface area contributed by atoms with Gasteiger partial charge in [-0.1, -0.05) is 24.3 Å². The van der Waals surface area contributed by atoms with E-state index in [1.807, 2.05) is 12.1 Å². The van der Waals surface area contributed by atoms with Gasteiger partial charge < -0.3 is 24.2 Å². The summed E-state index contributed by atoms with van der Waals surface area (Å²) in [6.45, 7) is 0.907. The maximum Gasteiger partial charge on any atom is 0.420 e. The van der Waals surface area contributed by atoms with Gasteiger partial charge in [-0.15, -0.1) is 0 Å². The molecule has 1 saturated heterocycles. The molecule has 2 heterocycles. The van der Waals surface area contributed by atoms with Crippen molar-refractivity contribution >= 4 is 18.0 Å². The number of amides is 2. The molecule has 1 fully saturated rings. The van der Waals surface area contributed by atoms with E-state index in [4.69, 9.17) is 14.2 Å². The first-order chi connectivity index (χ1) is 14.9. The summed E-state index contributed by atoms with van der Waals surface area (Å²) < 4.78 is 16.3. The molecule has 0 bridgehead atoms. The number of carboxylic acid groups (broad SMARTS) is 1. The lowest BCUT2D eigenvalue weighted by Gasteiger charge is -2.32. The molecule has 166 valence electrons. The summed E-state index contributed by atoms with van der Waals surface area (Å²) >= 11 is 0. The second kappa shape index (κ2) is 10.2. The summed E-state index contributed by atoms with van der Waals surface area (Å²) in [4.78, 5) is 31.1. The van der Waals surface area contributed by atoms with Gasteiger partial charge in [0.2, 0.25) is 6.29 Å². The maximum absolute atomic E-state index is 12.6. The van der Waals surface area contributed by atoms with Crippen molar-refractivity contribution in [1.29, 1.82) is 0 Å². The number of anilines is 1. The first-order valence-electron chi connectivity index (χ1n) is 9.99. The SMILES string of the molecule is COC(OC)c1nc(N(C)C(=O)Oc2ccccc2)ccc1C1CCN(C(=O)O)CC1. The summed E-state index contributed by atoms with van der Waals surface area (Å²) in [5, 5.41) is 9.19. The molecule has 0 saturated carbocycles. The van der Waals surface area contributed by atoms with Crippen LogP contribution >= 0.6 is 0 Å². The number of ether oxygens (including phenoxy) is 3. The average molecular weight is 429 g/mol. The third-order valence-corrected chi connectivity index (χ3v) is 5.37. The van der Waals surface area contributed by atoms with Crippen molar-refractivity contribution in [3.05, 3.63) is 53.7 Å². The number of likely N-dealkylation sites (tertiary alicyclic amines) is 1. The Hall–Kier alpha value is -3.17. The van der Waals surface area contributed by atoms with Crippen LogP contribution in [-0.2, 0) is 9.47 Å². The van der Waals surface area contributed by atoms with Crippen LogP contribution in [0.1, 0.15) is 36.3 Å². The van der Waals surface area contributed by atoms with Crippen molar-refractivity contribution in [1.82, 2.24) is 9.88 Å². The first kappa shape index (κ1) is 22.5. The number of hydrogen-bond acceptors (Lipinski definition) is 6. The van der Waals surface area contributed by atoms with E-state index in [1.54, 1.807) is 37.4 Å². The smallest absolute Gasteiger partial charge is 0.420 e. The van der Waals surface area contributed by atoms with Crippen LogP contribution in [0.4, 0.5) is 15.4 Å². The Morgan fingerprint density at radius 1 is 1.10 bits per heavy atom. The highest BCUT2D eigenvalue weighted by Crippen LogP contribution is 2.34. The number of benzene rings is 1. The number of aromatic nitrogens is 1. The molecule has 0 unspecified atom stereocenters. The van der Waals surface area contributed by atoms with Crippen LogP contribution < -0.4 is 9.64 Å². The van der Waals surface area contributed by atoms with Gasteiger partial charge in [-0.05, 0) is 42.5 Å². The minimum Gasteiger partial charge on any atom is -0.465 e. The standard InChI is InChI=1S/C22H27N3O6/c1-24(22(28)31-16-7-5-4-6-8-16)18-10-9-17(19(23-18)20(29-2)30-3)15-11-13-25(14-12-15)21(26)27/h4-10,15,20H,11-14H2,1-3H3,(H,26,27). The van der Waals surface area contributed by atoms with Gasteiger partial charge in [-0.25, -0.2) is 14.6 Å². The van der Waals surface area contributed by atoms with Crippen molar-refractivity contribution in [3.63, 3.8) is 0 Å². The Kier molecular flexibility index (Phi) is 7.43. The predicted molar refractivity (Wildman–Crippen MR) is 113 cm³/mol. The van der Waals surface area contributed by atoms with Gasteiger partial charge in [0, 0.05) is 34.4 Å². The number of methoxy groups -OCH3 is 2. The van der Waals surface area contributed by atoms with E-state index in [0.29, 0.717) is 43.2 Å². The van der Waals surface area contributed by atoms with Crippen molar-refractivity contribution in [2.24, 2.45) is 0 Å².